The van der Waals surface area contributed by atoms with Crippen LogP contribution < -0.4 is 4.74 Å². The molecule has 178 valence electrons. The van der Waals surface area contributed by atoms with E-state index in [0.717, 1.165) is 22.3 Å². The van der Waals surface area contributed by atoms with Gasteiger partial charge in [0.25, 0.3) is 35.2 Å². The molecule has 0 saturated carbocycles. The SMILES string of the molecule is CN1C(=O)C2C(=NC=[N+]2CC(=O)N2CCC(Oc3nc4c(F)cc(F)cc4s3)CC2)N(C)C1=O. The number of hydrogen-bond acceptors (Lipinski definition) is 7. The Bertz CT molecular complexity index is 1270. The van der Waals surface area contributed by atoms with Gasteiger partial charge in [-0.25, -0.2) is 18.2 Å². The topological polar surface area (TPSA) is 98.4 Å². The molecular weight excluding hydrogens is 470 g/mol. The fourth-order valence-corrected chi connectivity index (χ4v) is 5.20. The second-order valence-electron chi connectivity index (χ2n) is 8.33. The molecular formula is C21H21F2N6O4S+. The van der Waals surface area contributed by atoms with Crippen molar-refractivity contribution >= 4 is 51.6 Å². The molecule has 0 aliphatic carbocycles. The van der Waals surface area contributed by atoms with Crippen molar-refractivity contribution in [2.45, 2.75) is 25.0 Å². The number of hydrogen-bond donors (Lipinski definition) is 0. The third kappa shape index (κ3) is 3.79. The van der Waals surface area contributed by atoms with Crippen LogP contribution in [0.4, 0.5) is 13.6 Å². The Morgan fingerprint density at radius 2 is 1.94 bits per heavy atom. The van der Waals surface area contributed by atoms with Gasteiger partial charge in [0.2, 0.25) is 0 Å². The number of likely N-dealkylation sites (N-methyl/N-ethyl adjacent to an activating group) is 2. The van der Waals surface area contributed by atoms with Crippen molar-refractivity contribution in [3.05, 3.63) is 23.8 Å². The van der Waals surface area contributed by atoms with Crippen LogP contribution in [0, 0.1) is 11.6 Å². The van der Waals surface area contributed by atoms with Gasteiger partial charge in [-0.3, -0.25) is 19.4 Å². The molecule has 4 amide bonds. The lowest BCUT2D eigenvalue weighted by Crippen LogP contribution is -2.62. The summed E-state index contributed by atoms with van der Waals surface area (Å²) < 4.78 is 35.1. The van der Waals surface area contributed by atoms with E-state index in [1.807, 2.05) is 0 Å². The number of amidine groups is 1. The number of piperidine rings is 1. The highest BCUT2D eigenvalue weighted by atomic mass is 32.1. The van der Waals surface area contributed by atoms with E-state index >= 15 is 0 Å². The first-order valence-electron chi connectivity index (χ1n) is 10.6. The second kappa shape index (κ2) is 8.38. The predicted octanol–water partition coefficient (Wildman–Crippen LogP) is 1.29. The van der Waals surface area contributed by atoms with E-state index in [1.165, 1.54) is 36.0 Å². The van der Waals surface area contributed by atoms with Crippen molar-refractivity contribution in [3.63, 3.8) is 0 Å². The smallest absolute Gasteiger partial charge is 0.333 e. The minimum absolute atomic E-state index is 0.0481. The summed E-state index contributed by atoms with van der Waals surface area (Å²) in [5.41, 5.74) is 0.0766. The van der Waals surface area contributed by atoms with E-state index in [0.29, 0.717) is 36.5 Å². The fourth-order valence-electron chi connectivity index (χ4n) is 4.28. The number of carbonyl (C=O) groups excluding carboxylic acids is 3. The van der Waals surface area contributed by atoms with Crippen LogP contribution in [0.5, 0.6) is 5.19 Å². The molecule has 10 nitrogen and oxygen atoms in total. The van der Waals surface area contributed by atoms with Crippen LogP contribution in [0.15, 0.2) is 17.1 Å². The van der Waals surface area contributed by atoms with Gasteiger partial charge in [0.15, 0.2) is 12.4 Å². The third-order valence-corrected chi connectivity index (χ3v) is 7.06. The van der Waals surface area contributed by atoms with Crippen molar-refractivity contribution in [3.8, 4) is 5.19 Å². The molecule has 0 spiro atoms. The second-order valence-corrected chi connectivity index (χ2v) is 9.32. The Balaban J connectivity index is 1.17. The van der Waals surface area contributed by atoms with Gasteiger partial charge in [-0.15, -0.1) is 0 Å². The zero-order valence-electron chi connectivity index (χ0n) is 18.4. The number of amides is 4. The molecule has 1 unspecified atom stereocenters. The number of nitrogens with zero attached hydrogens (tertiary/aromatic N) is 6. The van der Waals surface area contributed by atoms with Gasteiger partial charge in [-0.2, -0.15) is 4.98 Å². The first-order chi connectivity index (χ1) is 16.2. The van der Waals surface area contributed by atoms with Gasteiger partial charge in [0, 0.05) is 46.1 Å². The van der Waals surface area contributed by atoms with Crippen LogP contribution >= 0.6 is 11.3 Å². The maximum atomic E-state index is 13.9. The van der Waals surface area contributed by atoms with Crippen LogP contribution in [0.2, 0.25) is 0 Å². The number of rotatable bonds is 4. The Morgan fingerprint density at radius 3 is 2.68 bits per heavy atom. The molecule has 13 heteroatoms. The van der Waals surface area contributed by atoms with Gasteiger partial charge >= 0.3 is 6.03 Å². The molecule has 0 N–H and O–H groups in total. The minimum atomic E-state index is -0.804. The molecule has 2 aromatic rings. The Kier molecular flexibility index (Phi) is 5.50. The lowest BCUT2D eigenvalue weighted by Gasteiger charge is -2.33. The van der Waals surface area contributed by atoms with Crippen LogP contribution in [0.25, 0.3) is 10.2 Å². The maximum absolute atomic E-state index is 13.9. The molecule has 1 aromatic heterocycles. The number of carbonyl (C=O) groups is 3. The Labute approximate surface area is 196 Å². The predicted molar refractivity (Wildman–Crippen MR) is 118 cm³/mol. The third-order valence-electron chi connectivity index (χ3n) is 6.17. The number of aromatic nitrogens is 1. The highest BCUT2D eigenvalue weighted by Crippen LogP contribution is 2.32. The summed E-state index contributed by atoms with van der Waals surface area (Å²) in [5.74, 6) is -1.69. The molecule has 1 atom stereocenters. The van der Waals surface area contributed by atoms with Crippen molar-refractivity contribution in [2.24, 2.45) is 4.99 Å². The fraction of sp³-hybridized carbons (Fsp3) is 0.429. The van der Waals surface area contributed by atoms with Gasteiger partial charge in [0.1, 0.15) is 17.4 Å². The standard InChI is InChI=1S/C21H21F2N6O4S/c1-26-18-17(19(31)27(2)21(26)32)29(10-24-18)9-15(30)28-5-3-12(4-6-28)33-20-25-16-13(23)7-11(22)8-14(16)34-20/h7-8,10,12,17H,3-6,9H2,1-2H3/q+1. The molecule has 5 rings (SSSR count). The average molecular weight is 492 g/mol. The summed E-state index contributed by atoms with van der Waals surface area (Å²) in [7, 11) is 2.94. The number of imide groups is 1. The van der Waals surface area contributed by atoms with Crippen LogP contribution in [-0.4, -0.2) is 100 Å². The highest BCUT2D eigenvalue weighted by molar-refractivity contribution is 7.20. The Morgan fingerprint density at radius 1 is 1.21 bits per heavy atom. The number of thiazole rings is 1. The number of fused-ring (bicyclic) bond motifs is 2. The molecule has 34 heavy (non-hydrogen) atoms. The van der Waals surface area contributed by atoms with Crippen molar-refractivity contribution in [1.82, 2.24) is 19.7 Å². The molecule has 0 radical (unpaired) electrons. The van der Waals surface area contributed by atoms with Gasteiger partial charge < -0.3 is 9.64 Å². The highest BCUT2D eigenvalue weighted by Gasteiger charge is 2.51. The summed E-state index contributed by atoms with van der Waals surface area (Å²) in [6, 6.07) is 0.736. The molecule has 3 aliphatic rings. The first-order valence-corrected chi connectivity index (χ1v) is 11.5. The lowest BCUT2D eigenvalue weighted by molar-refractivity contribution is -0.520. The number of aliphatic imine (C=N–C) groups is 1. The van der Waals surface area contributed by atoms with E-state index < -0.39 is 29.6 Å². The first kappa shape index (κ1) is 22.3. The number of likely N-dealkylation sites (tertiary alicyclic amines) is 1. The summed E-state index contributed by atoms with van der Waals surface area (Å²) in [4.78, 5) is 49.9. The van der Waals surface area contributed by atoms with E-state index in [-0.39, 0.29) is 29.3 Å². The molecule has 2 saturated heterocycles. The zero-order chi connectivity index (χ0) is 24.1. The molecule has 4 heterocycles. The van der Waals surface area contributed by atoms with Gasteiger partial charge in [-0.05, 0) is 11.1 Å². The van der Waals surface area contributed by atoms with Gasteiger partial charge in [-0.1, -0.05) is 11.3 Å². The number of benzene rings is 1. The summed E-state index contributed by atoms with van der Waals surface area (Å²) >= 11 is 1.08. The summed E-state index contributed by atoms with van der Waals surface area (Å²) in [6.07, 6.45) is 2.31. The number of urea groups is 1. The molecule has 2 fully saturated rings. The molecule has 3 aliphatic heterocycles. The maximum Gasteiger partial charge on any atom is 0.333 e. The molecule has 0 bridgehead atoms. The average Bonchev–Trinajstić information content (AvgIpc) is 3.41. The molecule has 1 aromatic carbocycles. The van der Waals surface area contributed by atoms with E-state index in [2.05, 4.69) is 9.98 Å². The zero-order valence-corrected chi connectivity index (χ0v) is 19.2. The van der Waals surface area contributed by atoms with Crippen molar-refractivity contribution < 1.29 is 32.5 Å². The van der Waals surface area contributed by atoms with E-state index in [1.54, 1.807) is 4.90 Å². The summed E-state index contributed by atoms with van der Waals surface area (Å²) in [5, 5.41) is 0.263. The number of ether oxygens (including phenoxy) is 1. The Hall–Kier alpha value is -3.48. The minimum Gasteiger partial charge on any atom is -0.467 e. The quantitative estimate of drug-likeness (QED) is 0.601. The van der Waals surface area contributed by atoms with Crippen molar-refractivity contribution in [1.29, 1.82) is 0 Å². The largest absolute Gasteiger partial charge is 0.467 e. The van der Waals surface area contributed by atoms with Gasteiger partial charge in [0.05, 0.1) is 4.70 Å². The lowest BCUT2D eigenvalue weighted by atomic mass is 10.1. The number of halogens is 2. The van der Waals surface area contributed by atoms with Crippen molar-refractivity contribution in [2.75, 3.05) is 33.7 Å². The summed E-state index contributed by atoms with van der Waals surface area (Å²) in [6.45, 7) is 0.833. The van der Waals surface area contributed by atoms with Crippen LogP contribution in [0.3, 0.4) is 0 Å². The monoisotopic (exact) mass is 491 g/mol. The van der Waals surface area contributed by atoms with E-state index in [9.17, 15) is 23.2 Å². The van der Waals surface area contributed by atoms with E-state index in [4.69, 9.17) is 4.74 Å². The normalized spacial score (nSPS) is 21.2. The van der Waals surface area contributed by atoms with Crippen LogP contribution in [0.1, 0.15) is 12.8 Å². The van der Waals surface area contributed by atoms with Crippen LogP contribution in [-0.2, 0) is 9.59 Å².